The van der Waals surface area contributed by atoms with Crippen LogP contribution in [0.3, 0.4) is 0 Å². The van der Waals surface area contributed by atoms with E-state index < -0.39 is 0 Å². The second-order valence-electron chi connectivity index (χ2n) is 6.76. The molecule has 142 valence electrons. The van der Waals surface area contributed by atoms with Gasteiger partial charge in [-0.25, -0.2) is 0 Å². The van der Waals surface area contributed by atoms with E-state index in [1.807, 2.05) is 37.3 Å². The Balaban J connectivity index is 1.48. The molecule has 0 spiro atoms. The first-order valence-corrected chi connectivity index (χ1v) is 9.35. The molecule has 1 fully saturated rings. The van der Waals surface area contributed by atoms with Crippen molar-refractivity contribution in [3.8, 4) is 11.5 Å². The minimum absolute atomic E-state index is 0.151. The van der Waals surface area contributed by atoms with E-state index in [1.165, 1.54) is 0 Å². The first-order chi connectivity index (χ1) is 13.2. The zero-order chi connectivity index (χ0) is 18.6. The minimum Gasteiger partial charge on any atom is -0.490 e. The average Bonchev–Trinajstić information content (AvgIpc) is 2.93. The number of aryl methyl sites for hydroxylation is 1. The summed E-state index contributed by atoms with van der Waals surface area (Å²) < 4.78 is 16.8. The summed E-state index contributed by atoms with van der Waals surface area (Å²) in [6, 6.07) is 11.6. The van der Waals surface area contributed by atoms with Crippen LogP contribution in [-0.4, -0.2) is 45.4 Å². The van der Waals surface area contributed by atoms with Gasteiger partial charge in [0.15, 0.2) is 11.5 Å². The maximum Gasteiger partial charge on any atom is 0.256 e. The highest BCUT2D eigenvalue weighted by atomic mass is 16.5. The molecule has 0 bridgehead atoms. The molecule has 1 N–H and O–H groups in total. The number of nitrogens with zero attached hydrogens (tertiary/aromatic N) is 1. The molecule has 0 aromatic heterocycles. The van der Waals surface area contributed by atoms with Gasteiger partial charge in [-0.15, -0.1) is 0 Å². The normalized spacial score (nSPS) is 16.6. The van der Waals surface area contributed by atoms with E-state index in [1.54, 1.807) is 6.07 Å². The van der Waals surface area contributed by atoms with Crippen LogP contribution in [0.1, 0.15) is 22.3 Å². The number of carbonyl (C=O) groups excluding carboxylic acids is 1. The van der Waals surface area contributed by atoms with E-state index in [-0.39, 0.29) is 5.91 Å². The number of benzene rings is 2. The summed E-state index contributed by atoms with van der Waals surface area (Å²) in [5.41, 5.74) is 3.37. The van der Waals surface area contributed by atoms with E-state index >= 15 is 0 Å². The smallest absolute Gasteiger partial charge is 0.256 e. The van der Waals surface area contributed by atoms with Crippen molar-refractivity contribution in [3.63, 3.8) is 0 Å². The van der Waals surface area contributed by atoms with Gasteiger partial charge in [0.1, 0.15) is 0 Å². The molecule has 2 aliphatic heterocycles. The maximum atomic E-state index is 12.8. The number of hydrogen-bond acceptors (Lipinski definition) is 5. The highest BCUT2D eigenvalue weighted by Gasteiger charge is 2.18. The SMILES string of the molecule is Cc1cc2c(cc1C(=O)Nc1ccc(N3CCOCC3)cc1)OCCCO2. The molecule has 0 saturated carbocycles. The van der Waals surface area contributed by atoms with Crippen LogP contribution in [0.5, 0.6) is 11.5 Å². The highest BCUT2D eigenvalue weighted by Crippen LogP contribution is 2.33. The molecule has 27 heavy (non-hydrogen) atoms. The van der Waals surface area contributed by atoms with Crippen LogP contribution in [0.4, 0.5) is 11.4 Å². The summed E-state index contributed by atoms with van der Waals surface area (Å²) in [6.07, 6.45) is 0.838. The third-order valence-corrected chi connectivity index (χ3v) is 4.84. The van der Waals surface area contributed by atoms with Crippen LogP contribution in [0.25, 0.3) is 0 Å². The summed E-state index contributed by atoms with van der Waals surface area (Å²) in [5, 5.41) is 2.97. The lowest BCUT2D eigenvalue weighted by Crippen LogP contribution is -2.36. The second-order valence-corrected chi connectivity index (χ2v) is 6.76. The van der Waals surface area contributed by atoms with Gasteiger partial charge in [-0.2, -0.15) is 0 Å². The quantitative estimate of drug-likeness (QED) is 0.901. The van der Waals surface area contributed by atoms with Gasteiger partial charge in [0.25, 0.3) is 5.91 Å². The monoisotopic (exact) mass is 368 g/mol. The number of nitrogens with one attached hydrogen (secondary N) is 1. The lowest BCUT2D eigenvalue weighted by molar-refractivity contribution is 0.102. The molecule has 6 nitrogen and oxygen atoms in total. The van der Waals surface area contributed by atoms with Crippen molar-refractivity contribution < 1.29 is 19.0 Å². The lowest BCUT2D eigenvalue weighted by atomic mass is 10.1. The van der Waals surface area contributed by atoms with Crippen molar-refractivity contribution in [2.45, 2.75) is 13.3 Å². The zero-order valence-corrected chi connectivity index (χ0v) is 15.5. The molecular weight excluding hydrogens is 344 g/mol. The molecule has 0 unspecified atom stereocenters. The predicted octanol–water partition coefficient (Wildman–Crippen LogP) is 3.25. The van der Waals surface area contributed by atoms with Gasteiger partial charge in [0.2, 0.25) is 0 Å². The van der Waals surface area contributed by atoms with Crippen molar-refractivity contribution in [2.24, 2.45) is 0 Å². The fraction of sp³-hybridized carbons (Fsp3) is 0.381. The Morgan fingerprint density at radius 1 is 0.963 bits per heavy atom. The molecule has 2 aliphatic rings. The largest absolute Gasteiger partial charge is 0.490 e. The first-order valence-electron chi connectivity index (χ1n) is 9.35. The predicted molar refractivity (Wildman–Crippen MR) is 104 cm³/mol. The van der Waals surface area contributed by atoms with Crippen LogP contribution in [0.2, 0.25) is 0 Å². The molecule has 0 aliphatic carbocycles. The lowest BCUT2D eigenvalue weighted by Gasteiger charge is -2.28. The Morgan fingerprint density at radius 2 is 1.63 bits per heavy atom. The number of rotatable bonds is 3. The second kappa shape index (κ2) is 7.88. The van der Waals surface area contributed by atoms with E-state index in [9.17, 15) is 4.79 Å². The van der Waals surface area contributed by atoms with Crippen molar-refractivity contribution in [2.75, 3.05) is 49.7 Å². The molecule has 2 heterocycles. The van der Waals surface area contributed by atoms with Crippen molar-refractivity contribution in [1.82, 2.24) is 0 Å². The number of amides is 1. The third kappa shape index (κ3) is 4.01. The summed E-state index contributed by atoms with van der Waals surface area (Å²) in [4.78, 5) is 15.0. The Bertz CT molecular complexity index is 814. The molecule has 1 saturated heterocycles. The van der Waals surface area contributed by atoms with E-state index in [0.29, 0.717) is 30.3 Å². The molecule has 0 radical (unpaired) electrons. The summed E-state index contributed by atoms with van der Waals surface area (Å²) >= 11 is 0. The third-order valence-electron chi connectivity index (χ3n) is 4.84. The summed E-state index contributed by atoms with van der Waals surface area (Å²) in [7, 11) is 0. The van der Waals surface area contributed by atoms with Gasteiger partial charge in [0.05, 0.1) is 26.4 Å². The average molecular weight is 368 g/mol. The molecule has 4 rings (SSSR count). The minimum atomic E-state index is -0.151. The number of hydrogen-bond donors (Lipinski definition) is 1. The number of fused-ring (bicyclic) bond motifs is 1. The van der Waals surface area contributed by atoms with Gasteiger partial charge in [-0.3, -0.25) is 4.79 Å². The van der Waals surface area contributed by atoms with E-state index in [0.717, 1.165) is 49.7 Å². The van der Waals surface area contributed by atoms with Crippen LogP contribution in [0.15, 0.2) is 36.4 Å². The van der Waals surface area contributed by atoms with Crippen molar-refractivity contribution in [1.29, 1.82) is 0 Å². The molecule has 2 aromatic carbocycles. The highest BCUT2D eigenvalue weighted by molar-refractivity contribution is 6.05. The Morgan fingerprint density at radius 3 is 2.33 bits per heavy atom. The van der Waals surface area contributed by atoms with Gasteiger partial charge in [-0.1, -0.05) is 0 Å². The standard InChI is InChI=1S/C21H24N2O4/c1-15-13-19-20(27-10-2-9-26-19)14-18(15)21(24)22-16-3-5-17(6-4-16)23-7-11-25-12-8-23/h3-6,13-14H,2,7-12H2,1H3,(H,22,24). The van der Waals surface area contributed by atoms with Gasteiger partial charge in [0, 0.05) is 36.4 Å². The fourth-order valence-electron chi connectivity index (χ4n) is 3.33. The van der Waals surface area contributed by atoms with Crippen molar-refractivity contribution >= 4 is 17.3 Å². The Labute approximate surface area is 159 Å². The van der Waals surface area contributed by atoms with Gasteiger partial charge >= 0.3 is 0 Å². The molecule has 1 amide bonds. The maximum absolute atomic E-state index is 12.8. The van der Waals surface area contributed by atoms with Gasteiger partial charge in [-0.05, 0) is 48.9 Å². The molecule has 0 atom stereocenters. The Kier molecular flexibility index (Phi) is 5.16. The van der Waals surface area contributed by atoms with E-state index in [2.05, 4.69) is 10.2 Å². The number of carbonyl (C=O) groups is 1. The summed E-state index contributed by atoms with van der Waals surface area (Å²) in [6.45, 7) is 6.42. The zero-order valence-electron chi connectivity index (χ0n) is 15.5. The molecule has 6 heteroatoms. The van der Waals surface area contributed by atoms with Crippen LogP contribution in [-0.2, 0) is 4.74 Å². The molecule has 2 aromatic rings. The van der Waals surface area contributed by atoms with Crippen LogP contribution >= 0.6 is 0 Å². The fourth-order valence-corrected chi connectivity index (χ4v) is 3.33. The van der Waals surface area contributed by atoms with Gasteiger partial charge < -0.3 is 24.4 Å². The number of anilines is 2. The van der Waals surface area contributed by atoms with Crippen LogP contribution < -0.4 is 19.7 Å². The molecular formula is C21H24N2O4. The summed E-state index contributed by atoms with van der Waals surface area (Å²) in [5.74, 6) is 1.18. The number of ether oxygens (including phenoxy) is 3. The Hall–Kier alpha value is -2.73. The van der Waals surface area contributed by atoms with Crippen LogP contribution in [0, 0.1) is 6.92 Å². The number of morpholine rings is 1. The topological polar surface area (TPSA) is 60.0 Å². The first kappa shape index (κ1) is 17.7. The van der Waals surface area contributed by atoms with Crippen molar-refractivity contribution in [3.05, 3.63) is 47.5 Å². The van der Waals surface area contributed by atoms with E-state index in [4.69, 9.17) is 14.2 Å².